The maximum atomic E-state index is 11.4. The zero-order valence-corrected chi connectivity index (χ0v) is 14.8. The number of esters is 1. The number of hydrogen-bond acceptors (Lipinski definition) is 2. The Morgan fingerprint density at radius 1 is 0.810 bits per heavy atom. The van der Waals surface area contributed by atoms with Gasteiger partial charge >= 0.3 is 5.97 Å². The van der Waals surface area contributed by atoms with Crippen LogP contribution < -0.4 is 0 Å². The molecule has 0 N–H and O–H groups in total. The van der Waals surface area contributed by atoms with E-state index < -0.39 is 0 Å². The summed E-state index contributed by atoms with van der Waals surface area (Å²) < 4.78 is 5.25. The molecule has 0 radical (unpaired) electrons. The van der Waals surface area contributed by atoms with E-state index in [-0.39, 0.29) is 5.97 Å². The van der Waals surface area contributed by atoms with Crippen LogP contribution in [0.1, 0.15) is 104 Å². The Kier molecular flexibility index (Phi) is 15.5. The number of carbonyl (C=O) groups is 1. The third-order valence-electron chi connectivity index (χ3n) is 3.92. The van der Waals surface area contributed by atoms with Gasteiger partial charge in [-0.3, -0.25) is 4.79 Å². The minimum Gasteiger partial charge on any atom is -0.466 e. The summed E-state index contributed by atoms with van der Waals surface area (Å²) in [5.41, 5.74) is 0. The highest BCUT2D eigenvalue weighted by atomic mass is 16.5. The normalized spacial score (nSPS) is 11.0. The first-order chi connectivity index (χ1) is 10.2. The lowest BCUT2D eigenvalue weighted by Gasteiger charge is -2.06. The molecule has 0 spiro atoms. The summed E-state index contributed by atoms with van der Waals surface area (Å²) in [5.74, 6) is 0.849. The van der Waals surface area contributed by atoms with Gasteiger partial charge in [0.15, 0.2) is 0 Å². The Morgan fingerprint density at radius 2 is 1.38 bits per heavy atom. The highest BCUT2D eigenvalue weighted by Gasteiger charge is 2.02. The highest BCUT2D eigenvalue weighted by molar-refractivity contribution is 5.69. The van der Waals surface area contributed by atoms with Crippen LogP contribution in [0.2, 0.25) is 0 Å². The van der Waals surface area contributed by atoms with Crippen molar-refractivity contribution in [3.8, 4) is 0 Å². The minimum atomic E-state index is -0.000196. The Bertz CT molecular complexity index is 224. The predicted molar refractivity (Wildman–Crippen MR) is 91.5 cm³/mol. The lowest BCUT2D eigenvalue weighted by molar-refractivity contribution is -0.143. The van der Waals surface area contributed by atoms with Crippen molar-refractivity contribution in [2.45, 2.75) is 104 Å². The van der Waals surface area contributed by atoms with Gasteiger partial charge in [-0.2, -0.15) is 0 Å². The van der Waals surface area contributed by atoms with E-state index in [9.17, 15) is 4.79 Å². The molecule has 0 saturated heterocycles. The Balaban J connectivity index is 3.12. The van der Waals surface area contributed by atoms with Gasteiger partial charge in [0.05, 0.1) is 6.61 Å². The lowest BCUT2D eigenvalue weighted by Crippen LogP contribution is -2.05. The summed E-state index contributed by atoms with van der Waals surface area (Å²) in [6, 6.07) is 0. The molecule has 2 nitrogen and oxygen atoms in total. The van der Waals surface area contributed by atoms with Gasteiger partial charge in [0, 0.05) is 6.42 Å². The quantitative estimate of drug-likeness (QED) is 0.263. The van der Waals surface area contributed by atoms with Crippen LogP contribution in [0, 0.1) is 5.92 Å². The molecular formula is C19H38O2. The Labute approximate surface area is 133 Å². The zero-order chi connectivity index (χ0) is 15.8. The SMILES string of the molecule is CCCCCCC(=O)OCCCCCCCCCC(C)C. The Hall–Kier alpha value is -0.530. The first-order valence-corrected chi connectivity index (χ1v) is 9.32. The second-order valence-corrected chi connectivity index (χ2v) is 6.69. The average Bonchev–Trinajstić information content (AvgIpc) is 2.45. The van der Waals surface area contributed by atoms with Crippen LogP contribution in [-0.4, -0.2) is 12.6 Å². The van der Waals surface area contributed by atoms with Crippen LogP contribution >= 0.6 is 0 Å². The third-order valence-corrected chi connectivity index (χ3v) is 3.92. The summed E-state index contributed by atoms with van der Waals surface area (Å²) >= 11 is 0. The highest BCUT2D eigenvalue weighted by Crippen LogP contribution is 2.12. The Morgan fingerprint density at radius 3 is 2.00 bits per heavy atom. The zero-order valence-electron chi connectivity index (χ0n) is 14.8. The van der Waals surface area contributed by atoms with Crippen molar-refractivity contribution in [3.63, 3.8) is 0 Å². The molecule has 0 heterocycles. The molecule has 0 aliphatic rings. The number of ether oxygens (including phenoxy) is 1. The van der Waals surface area contributed by atoms with Crippen molar-refractivity contribution in [1.29, 1.82) is 0 Å². The standard InChI is InChI=1S/C19H38O2/c1-4-5-6-13-16-19(20)21-17-14-11-9-7-8-10-12-15-18(2)3/h18H,4-17H2,1-3H3. The van der Waals surface area contributed by atoms with E-state index in [4.69, 9.17) is 4.74 Å². The van der Waals surface area contributed by atoms with Crippen molar-refractivity contribution < 1.29 is 9.53 Å². The van der Waals surface area contributed by atoms with Crippen molar-refractivity contribution >= 4 is 5.97 Å². The van der Waals surface area contributed by atoms with E-state index in [0.29, 0.717) is 13.0 Å². The number of hydrogen-bond donors (Lipinski definition) is 0. The maximum absolute atomic E-state index is 11.4. The molecule has 126 valence electrons. The molecule has 0 saturated carbocycles. The lowest BCUT2D eigenvalue weighted by atomic mass is 10.0. The molecule has 0 aromatic rings. The fourth-order valence-corrected chi connectivity index (χ4v) is 2.49. The van der Waals surface area contributed by atoms with Gasteiger partial charge in [0.1, 0.15) is 0 Å². The molecule has 0 rings (SSSR count). The van der Waals surface area contributed by atoms with Crippen LogP contribution in [0.15, 0.2) is 0 Å². The molecule has 0 unspecified atom stereocenters. The van der Waals surface area contributed by atoms with Crippen molar-refractivity contribution in [1.82, 2.24) is 0 Å². The van der Waals surface area contributed by atoms with Crippen LogP contribution in [0.25, 0.3) is 0 Å². The van der Waals surface area contributed by atoms with Crippen LogP contribution in [0.3, 0.4) is 0 Å². The minimum absolute atomic E-state index is 0.000196. The van der Waals surface area contributed by atoms with Gasteiger partial charge in [0.25, 0.3) is 0 Å². The van der Waals surface area contributed by atoms with Gasteiger partial charge in [-0.15, -0.1) is 0 Å². The van der Waals surface area contributed by atoms with Crippen molar-refractivity contribution in [2.24, 2.45) is 5.92 Å². The van der Waals surface area contributed by atoms with Gasteiger partial charge in [0.2, 0.25) is 0 Å². The first kappa shape index (κ1) is 20.5. The fourth-order valence-electron chi connectivity index (χ4n) is 2.49. The molecule has 0 aliphatic heterocycles. The predicted octanol–water partition coefficient (Wildman–Crippen LogP) is 6.28. The summed E-state index contributed by atoms with van der Waals surface area (Å²) in [6.07, 6.45) is 15.5. The average molecular weight is 299 g/mol. The molecule has 0 aliphatic carbocycles. The van der Waals surface area contributed by atoms with E-state index in [0.717, 1.165) is 25.2 Å². The number of rotatable bonds is 15. The van der Waals surface area contributed by atoms with Crippen molar-refractivity contribution in [3.05, 3.63) is 0 Å². The molecule has 0 bridgehead atoms. The third kappa shape index (κ3) is 17.4. The number of unbranched alkanes of at least 4 members (excludes halogenated alkanes) is 9. The molecule has 0 amide bonds. The summed E-state index contributed by atoms with van der Waals surface area (Å²) in [5, 5.41) is 0. The van der Waals surface area contributed by atoms with E-state index in [1.165, 1.54) is 57.8 Å². The van der Waals surface area contributed by atoms with E-state index >= 15 is 0 Å². The van der Waals surface area contributed by atoms with Crippen LogP contribution in [-0.2, 0) is 9.53 Å². The van der Waals surface area contributed by atoms with E-state index in [2.05, 4.69) is 20.8 Å². The summed E-state index contributed by atoms with van der Waals surface area (Å²) in [6.45, 7) is 7.40. The molecule has 0 aromatic carbocycles. The van der Waals surface area contributed by atoms with Gasteiger partial charge in [-0.05, 0) is 18.8 Å². The van der Waals surface area contributed by atoms with Crippen LogP contribution in [0.5, 0.6) is 0 Å². The van der Waals surface area contributed by atoms with Crippen molar-refractivity contribution in [2.75, 3.05) is 6.61 Å². The largest absolute Gasteiger partial charge is 0.466 e. The van der Waals surface area contributed by atoms with Gasteiger partial charge < -0.3 is 4.74 Å². The molecule has 2 heteroatoms. The van der Waals surface area contributed by atoms with Crippen LogP contribution in [0.4, 0.5) is 0 Å². The smallest absolute Gasteiger partial charge is 0.305 e. The van der Waals surface area contributed by atoms with Gasteiger partial charge in [-0.1, -0.05) is 85.0 Å². The van der Waals surface area contributed by atoms with E-state index in [1.54, 1.807) is 0 Å². The second kappa shape index (κ2) is 15.9. The van der Waals surface area contributed by atoms with Gasteiger partial charge in [-0.25, -0.2) is 0 Å². The summed E-state index contributed by atoms with van der Waals surface area (Å²) in [7, 11) is 0. The molecule has 0 fully saturated rings. The molecule has 0 aromatic heterocycles. The molecule has 21 heavy (non-hydrogen) atoms. The topological polar surface area (TPSA) is 26.3 Å². The molecule has 0 atom stereocenters. The number of carbonyl (C=O) groups excluding carboxylic acids is 1. The molecular weight excluding hydrogens is 260 g/mol. The maximum Gasteiger partial charge on any atom is 0.305 e. The fraction of sp³-hybridized carbons (Fsp3) is 0.947. The first-order valence-electron chi connectivity index (χ1n) is 9.32. The van der Waals surface area contributed by atoms with E-state index in [1.807, 2.05) is 0 Å². The monoisotopic (exact) mass is 298 g/mol. The second-order valence-electron chi connectivity index (χ2n) is 6.69. The summed E-state index contributed by atoms with van der Waals surface area (Å²) in [4.78, 5) is 11.4.